The monoisotopic (exact) mass is 223 g/mol. The Morgan fingerprint density at radius 2 is 2.20 bits per heavy atom. The molecule has 0 saturated carbocycles. The van der Waals surface area contributed by atoms with Gasteiger partial charge in [0.05, 0.1) is 0 Å². The molecule has 0 aromatic heterocycles. The highest BCUT2D eigenvalue weighted by atomic mass is 32.1. The van der Waals surface area contributed by atoms with Gasteiger partial charge in [-0.2, -0.15) is 0 Å². The second-order valence-corrected chi connectivity index (χ2v) is 4.18. The number of aliphatic hydroxyl groups excluding tert-OH is 1. The van der Waals surface area contributed by atoms with Crippen LogP contribution in [0.25, 0.3) is 0 Å². The first-order chi connectivity index (χ1) is 7.07. The number of thiol groups is 1. The minimum Gasteiger partial charge on any atom is -0.493 e. The van der Waals surface area contributed by atoms with Gasteiger partial charge in [-0.1, -0.05) is 6.58 Å². The molecule has 0 spiro atoms. The van der Waals surface area contributed by atoms with Crippen LogP contribution in [0.4, 0.5) is 0 Å². The number of aliphatic hydroxyl groups is 1. The maximum Gasteiger partial charge on any atom is 0.218 e. The SMILES string of the molecule is C=C(C)/C(C1=C(S)CCC1)=C(/O)N=CC. The molecule has 0 aliphatic heterocycles. The second-order valence-electron chi connectivity index (χ2n) is 3.65. The Kier molecular flexibility index (Phi) is 4.21. The molecule has 1 aliphatic carbocycles. The summed E-state index contributed by atoms with van der Waals surface area (Å²) in [7, 11) is 0. The molecular weight excluding hydrogens is 206 g/mol. The fourth-order valence-corrected chi connectivity index (χ4v) is 2.15. The van der Waals surface area contributed by atoms with E-state index < -0.39 is 0 Å². The molecule has 2 nitrogen and oxygen atoms in total. The molecule has 0 fully saturated rings. The van der Waals surface area contributed by atoms with E-state index in [1.807, 2.05) is 6.92 Å². The van der Waals surface area contributed by atoms with Crippen LogP contribution in [0.15, 0.2) is 39.1 Å². The Morgan fingerprint density at radius 1 is 1.53 bits per heavy atom. The van der Waals surface area contributed by atoms with Gasteiger partial charge in [0, 0.05) is 11.8 Å². The highest BCUT2D eigenvalue weighted by molar-refractivity contribution is 7.84. The van der Waals surface area contributed by atoms with Crippen LogP contribution in [0.3, 0.4) is 0 Å². The van der Waals surface area contributed by atoms with Gasteiger partial charge in [0.25, 0.3) is 0 Å². The molecular formula is C12H17NOS. The van der Waals surface area contributed by atoms with Crippen molar-refractivity contribution in [1.29, 1.82) is 0 Å². The summed E-state index contributed by atoms with van der Waals surface area (Å²) in [4.78, 5) is 4.95. The van der Waals surface area contributed by atoms with Crippen molar-refractivity contribution in [3.05, 3.63) is 34.1 Å². The predicted octanol–water partition coefficient (Wildman–Crippen LogP) is 3.79. The van der Waals surface area contributed by atoms with Crippen molar-refractivity contribution in [3.63, 3.8) is 0 Å². The first kappa shape index (κ1) is 12.1. The lowest BCUT2D eigenvalue weighted by atomic mass is 10.00. The average Bonchev–Trinajstić information content (AvgIpc) is 2.52. The van der Waals surface area contributed by atoms with Crippen molar-refractivity contribution in [1.82, 2.24) is 0 Å². The van der Waals surface area contributed by atoms with Gasteiger partial charge in [-0.15, -0.1) is 12.6 Å². The molecule has 0 aromatic rings. The standard InChI is InChI=1S/C12H17NOS/c1-4-13-12(14)11(8(2)3)9-6-5-7-10(9)15/h4,14-15H,2,5-7H2,1,3H3/b12-11-,13-4?. The third kappa shape index (κ3) is 2.75. The van der Waals surface area contributed by atoms with E-state index in [1.54, 1.807) is 13.1 Å². The summed E-state index contributed by atoms with van der Waals surface area (Å²) in [5.41, 5.74) is 2.69. The first-order valence-corrected chi connectivity index (χ1v) is 5.51. The molecule has 82 valence electrons. The van der Waals surface area contributed by atoms with Crippen LogP contribution in [0.5, 0.6) is 0 Å². The molecule has 15 heavy (non-hydrogen) atoms. The molecule has 0 bridgehead atoms. The Bertz CT molecular complexity index is 364. The lowest BCUT2D eigenvalue weighted by Crippen LogP contribution is -1.95. The molecule has 0 amide bonds. The van der Waals surface area contributed by atoms with Crippen molar-refractivity contribution >= 4 is 18.8 Å². The summed E-state index contributed by atoms with van der Waals surface area (Å²) in [5.74, 6) is 0.0495. The average molecular weight is 223 g/mol. The number of hydrogen-bond acceptors (Lipinski definition) is 3. The normalized spacial score (nSPS) is 18.6. The lowest BCUT2D eigenvalue weighted by molar-refractivity contribution is 0.402. The summed E-state index contributed by atoms with van der Waals surface area (Å²) in [6.07, 6.45) is 4.60. The van der Waals surface area contributed by atoms with Gasteiger partial charge in [-0.05, 0) is 49.2 Å². The Morgan fingerprint density at radius 3 is 2.60 bits per heavy atom. The van der Waals surface area contributed by atoms with Crippen molar-refractivity contribution in [2.45, 2.75) is 33.1 Å². The van der Waals surface area contributed by atoms with Crippen molar-refractivity contribution in [2.75, 3.05) is 0 Å². The molecule has 0 atom stereocenters. The zero-order valence-electron chi connectivity index (χ0n) is 9.25. The molecule has 1 rings (SSSR count). The third-order valence-corrected chi connectivity index (χ3v) is 2.89. The van der Waals surface area contributed by atoms with Crippen LogP contribution in [-0.2, 0) is 0 Å². The molecule has 0 aromatic carbocycles. The molecule has 1 aliphatic rings. The highest BCUT2D eigenvalue weighted by Gasteiger charge is 2.19. The van der Waals surface area contributed by atoms with Crippen molar-refractivity contribution in [2.24, 2.45) is 4.99 Å². The van der Waals surface area contributed by atoms with Gasteiger partial charge < -0.3 is 5.11 Å². The summed E-state index contributed by atoms with van der Waals surface area (Å²) in [6.45, 7) is 7.53. The number of hydrogen-bond donors (Lipinski definition) is 2. The van der Waals surface area contributed by atoms with Crippen molar-refractivity contribution < 1.29 is 5.11 Å². The molecule has 0 heterocycles. The maximum absolute atomic E-state index is 9.81. The zero-order valence-corrected chi connectivity index (χ0v) is 10.1. The minimum absolute atomic E-state index is 0.0495. The molecule has 0 unspecified atom stereocenters. The van der Waals surface area contributed by atoms with E-state index >= 15 is 0 Å². The van der Waals surface area contributed by atoms with Gasteiger partial charge in [-0.3, -0.25) is 0 Å². The maximum atomic E-state index is 9.81. The van der Waals surface area contributed by atoms with E-state index in [0.29, 0.717) is 0 Å². The smallest absolute Gasteiger partial charge is 0.218 e. The molecule has 1 N–H and O–H groups in total. The van der Waals surface area contributed by atoms with Gasteiger partial charge >= 0.3 is 0 Å². The Balaban J connectivity index is 3.20. The van der Waals surface area contributed by atoms with E-state index in [0.717, 1.165) is 40.9 Å². The van der Waals surface area contributed by atoms with E-state index in [2.05, 4.69) is 24.2 Å². The van der Waals surface area contributed by atoms with Crippen LogP contribution in [-0.4, -0.2) is 11.3 Å². The van der Waals surface area contributed by atoms with Crippen LogP contribution in [0, 0.1) is 0 Å². The van der Waals surface area contributed by atoms with Crippen LogP contribution in [0.2, 0.25) is 0 Å². The number of nitrogens with zero attached hydrogens (tertiary/aromatic N) is 1. The molecule has 0 radical (unpaired) electrons. The lowest BCUT2D eigenvalue weighted by Gasteiger charge is -2.10. The summed E-state index contributed by atoms with van der Waals surface area (Å²) in [5, 5.41) is 9.81. The Hall–Kier alpha value is -0.960. The summed E-state index contributed by atoms with van der Waals surface area (Å²) in [6, 6.07) is 0. The highest BCUT2D eigenvalue weighted by Crippen LogP contribution is 2.37. The number of aliphatic imine (C=N–C) groups is 1. The van der Waals surface area contributed by atoms with Crippen LogP contribution in [0.1, 0.15) is 33.1 Å². The van der Waals surface area contributed by atoms with Crippen molar-refractivity contribution in [3.8, 4) is 0 Å². The number of rotatable bonds is 3. The fraction of sp³-hybridized carbons (Fsp3) is 0.417. The third-order valence-electron chi connectivity index (χ3n) is 2.39. The van der Waals surface area contributed by atoms with E-state index in [4.69, 9.17) is 0 Å². The minimum atomic E-state index is 0.0495. The van der Waals surface area contributed by atoms with E-state index in [-0.39, 0.29) is 5.88 Å². The van der Waals surface area contributed by atoms with Gasteiger partial charge in [0.1, 0.15) is 0 Å². The van der Waals surface area contributed by atoms with E-state index in [1.165, 1.54) is 0 Å². The van der Waals surface area contributed by atoms with Crippen LogP contribution < -0.4 is 0 Å². The van der Waals surface area contributed by atoms with Gasteiger partial charge in [0.2, 0.25) is 5.88 Å². The first-order valence-electron chi connectivity index (χ1n) is 5.07. The van der Waals surface area contributed by atoms with Gasteiger partial charge in [-0.25, -0.2) is 4.99 Å². The summed E-state index contributed by atoms with van der Waals surface area (Å²) < 4.78 is 0. The Labute approximate surface area is 96.5 Å². The predicted molar refractivity (Wildman–Crippen MR) is 68.5 cm³/mol. The topological polar surface area (TPSA) is 32.6 Å². The summed E-state index contributed by atoms with van der Waals surface area (Å²) >= 11 is 4.43. The van der Waals surface area contributed by atoms with E-state index in [9.17, 15) is 5.11 Å². The largest absolute Gasteiger partial charge is 0.493 e. The molecule has 0 saturated heterocycles. The van der Waals surface area contributed by atoms with Crippen LogP contribution >= 0.6 is 12.6 Å². The molecule has 3 heteroatoms. The zero-order chi connectivity index (χ0) is 11.4. The fourth-order valence-electron chi connectivity index (χ4n) is 1.77. The quantitative estimate of drug-likeness (QED) is 0.324. The number of allylic oxidation sites excluding steroid dienone is 4. The van der Waals surface area contributed by atoms with Gasteiger partial charge in [0.15, 0.2) is 0 Å². The second kappa shape index (κ2) is 5.21.